The zero-order valence-corrected chi connectivity index (χ0v) is 14.2. The Labute approximate surface area is 138 Å². The largest absolute Gasteiger partial charge is 0.273 e. The normalized spacial score (nSPS) is 10.8. The van der Waals surface area contributed by atoms with E-state index in [1.165, 1.54) is 5.56 Å². The molecule has 0 radical (unpaired) electrons. The molecule has 2 rings (SSSR count). The van der Waals surface area contributed by atoms with Gasteiger partial charge in [-0.15, -0.1) is 0 Å². The summed E-state index contributed by atoms with van der Waals surface area (Å²) in [6.07, 6.45) is 2.01. The van der Waals surface area contributed by atoms with Crippen molar-refractivity contribution in [2.75, 3.05) is 0 Å². The fraction of sp³-hybridized carbons (Fsp3) is 0.176. The molecule has 0 atom stereocenters. The Kier molecular flexibility index (Phi) is 5.50. The van der Waals surface area contributed by atoms with Gasteiger partial charge in [0.2, 0.25) is 5.91 Å². The minimum Gasteiger partial charge on any atom is -0.273 e. The first-order chi connectivity index (χ1) is 10.1. The lowest BCUT2D eigenvalue weighted by atomic mass is 10.0. The molecule has 0 aliphatic rings. The standard InChI is InChI=1S/C17H17IN2O/c1-12-7-8-14(13(2)9-12)10-17(21)20-19-11-15-5-3-4-6-16(15)18/h3-9,11H,10H2,1-2H3,(H,20,21)/b19-11-. The molecule has 0 saturated carbocycles. The van der Waals surface area contributed by atoms with E-state index in [0.717, 1.165) is 20.3 Å². The Bertz CT molecular complexity index is 680. The Hall–Kier alpha value is -1.69. The molecule has 0 unspecified atom stereocenters. The second-order valence-electron chi connectivity index (χ2n) is 4.92. The molecular formula is C17H17IN2O. The number of nitrogens with zero attached hydrogens (tertiary/aromatic N) is 1. The van der Waals surface area contributed by atoms with Crippen molar-refractivity contribution in [2.24, 2.45) is 5.10 Å². The summed E-state index contributed by atoms with van der Waals surface area (Å²) in [4.78, 5) is 11.9. The first kappa shape index (κ1) is 15.7. The van der Waals surface area contributed by atoms with Crippen molar-refractivity contribution in [3.63, 3.8) is 0 Å². The summed E-state index contributed by atoms with van der Waals surface area (Å²) in [7, 11) is 0. The number of rotatable bonds is 4. The number of hydrogen-bond donors (Lipinski definition) is 1. The Morgan fingerprint density at radius 2 is 2.00 bits per heavy atom. The first-order valence-electron chi connectivity index (χ1n) is 6.69. The second kappa shape index (κ2) is 7.36. The maximum absolute atomic E-state index is 11.9. The quantitative estimate of drug-likeness (QED) is 0.482. The van der Waals surface area contributed by atoms with Crippen molar-refractivity contribution in [3.05, 3.63) is 68.3 Å². The van der Waals surface area contributed by atoms with Crippen molar-refractivity contribution in [2.45, 2.75) is 20.3 Å². The summed E-state index contributed by atoms with van der Waals surface area (Å²) in [5, 5.41) is 4.02. The number of hydrazone groups is 1. The third-order valence-electron chi connectivity index (χ3n) is 3.15. The van der Waals surface area contributed by atoms with E-state index in [1.807, 2.05) is 50.2 Å². The van der Waals surface area contributed by atoms with Gasteiger partial charge in [-0.1, -0.05) is 42.0 Å². The molecule has 1 N–H and O–H groups in total. The summed E-state index contributed by atoms with van der Waals surface area (Å²) in [6.45, 7) is 4.06. The molecule has 0 aliphatic heterocycles. The van der Waals surface area contributed by atoms with Crippen LogP contribution in [0.1, 0.15) is 22.3 Å². The number of halogens is 1. The molecule has 1 amide bonds. The zero-order chi connectivity index (χ0) is 15.2. The maximum Gasteiger partial charge on any atom is 0.244 e. The summed E-state index contributed by atoms with van der Waals surface area (Å²) in [5.74, 6) is -0.107. The molecule has 4 heteroatoms. The highest BCUT2D eigenvalue weighted by Gasteiger charge is 2.05. The Morgan fingerprint density at radius 3 is 2.71 bits per heavy atom. The molecule has 3 nitrogen and oxygen atoms in total. The van der Waals surface area contributed by atoms with Crippen LogP contribution in [0.2, 0.25) is 0 Å². The number of aryl methyl sites for hydroxylation is 2. The number of amides is 1. The summed E-state index contributed by atoms with van der Waals surface area (Å²) in [5.41, 5.74) is 6.93. The van der Waals surface area contributed by atoms with Gasteiger partial charge in [-0.2, -0.15) is 5.10 Å². The number of nitrogens with one attached hydrogen (secondary N) is 1. The number of benzene rings is 2. The smallest absolute Gasteiger partial charge is 0.244 e. The van der Waals surface area contributed by atoms with E-state index in [2.05, 4.69) is 39.2 Å². The average molecular weight is 392 g/mol. The van der Waals surface area contributed by atoms with Gasteiger partial charge in [0.15, 0.2) is 0 Å². The van der Waals surface area contributed by atoms with E-state index in [0.29, 0.717) is 6.42 Å². The topological polar surface area (TPSA) is 41.5 Å². The van der Waals surface area contributed by atoms with Crippen LogP contribution < -0.4 is 5.43 Å². The van der Waals surface area contributed by atoms with E-state index in [9.17, 15) is 4.79 Å². The van der Waals surface area contributed by atoms with Gasteiger partial charge in [-0.05, 0) is 53.6 Å². The highest BCUT2D eigenvalue weighted by Crippen LogP contribution is 2.11. The Balaban J connectivity index is 1.95. The van der Waals surface area contributed by atoms with Gasteiger partial charge < -0.3 is 0 Å². The van der Waals surface area contributed by atoms with Crippen LogP contribution in [-0.2, 0) is 11.2 Å². The predicted octanol–water partition coefficient (Wildman–Crippen LogP) is 3.60. The SMILES string of the molecule is Cc1ccc(CC(=O)N/N=C\c2ccccc2I)c(C)c1. The van der Waals surface area contributed by atoms with Crippen molar-refractivity contribution >= 4 is 34.7 Å². The van der Waals surface area contributed by atoms with Crippen LogP contribution in [0.4, 0.5) is 0 Å². The second-order valence-corrected chi connectivity index (χ2v) is 6.08. The van der Waals surface area contributed by atoms with Crippen LogP contribution in [0, 0.1) is 17.4 Å². The number of carbonyl (C=O) groups excluding carboxylic acids is 1. The van der Waals surface area contributed by atoms with Crippen molar-refractivity contribution in [1.82, 2.24) is 5.43 Å². The van der Waals surface area contributed by atoms with Gasteiger partial charge in [-0.25, -0.2) is 5.43 Å². The molecule has 0 heterocycles. The van der Waals surface area contributed by atoms with Gasteiger partial charge in [0.1, 0.15) is 0 Å². The first-order valence-corrected chi connectivity index (χ1v) is 7.76. The van der Waals surface area contributed by atoms with Crippen LogP contribution in [0.5, 0.6) is 0 Å². The van der Waals surface area contributed by atoms with Gasteiger partial charge in [0, 0.05) is 9.13 Å². The molecule has 0 aliphatic carbocycles. The molecule has 2 aromatic rings. The molecular weight excluding hydrogens is 375 g/mol. The Morgan fingerprint density at radius 1 is 1.24 bits per heavy atom. The molecule has 0 saturated heterocycles. The third-order valence-corrected chi connectivity index (χ3v) is 4.13. The van der Waals surface area contributed by atoms with Gasteiger partial charge >= 0.3 is 0 Å². The fourth-order valence-electron chi connectivity index (χ4n) is 2.01. The lowest BCUT2D eigenvalue weighted by Gasteiger charge is -2.05. The van der Waals surface area contributed by atoms with Crippen molar-refractivity contribution in [3.8, 4) is 0 Å². The van der Waals surface area contributed by atoms with E-state index >= 15 is 0 Å². The van der Waals surface area contributed by atoms with Crippen LogP contribution in [-0.4, -0.2) is 12.1 Å². The maximum atomic E-state index is 11.9. The lowest BCUT2D eigenvalue weighted by molar-refractivity contribution is -0.120. The van der Waals surface area contributed by atoms with Crippen molar-refractivity contribution in [1.29, 1.82) is 0 Å². The average Bonchev–Trinajstić information content (AvgIpc) is 2.44. The molecule has 21 heavy (non-hydrogen) atoms. The highest BCUT2D eigenvalue weighted by atomic mass is 127. The molecule has 2 aromatic carbocycles. The van der Waals surface area contributed by atoms with Crippen molar-refractivity contribution < 1.29 is 4.79 Å². The van der Waals surface area contributed by atoms with Gasteiger partial charge in [0.05, 0.1) is 12.6 Å². The molecule has 0 fully saturated rings. The van der Waals surface area contributed by atoms with Crippen LogP contribution >= 0.6 is 22.6 Å². The highest BCUT2D eigenvalue weighted by molar-refractivity contribution is 14.1. The van der Waals surface area contributed by atoms with E-state index in [-0.39, 0.29) is 5.91 Å². The summed E-state index contributed by atoms with van der Waals surface area (Å²) in [6, 6.07) is 14.0. The van der Waals surface area contributed by atoms with E-state index in [1.54, 1.807) is 6.21 Å². The fourth-order valence-corrected chi connectivity index (χ4v) is 2.54. The summed E-state index contributed by atoms with van der Waals surface area (Å²) < 4.78 is 1.10. The third kappa shape index (κ3) is 4.67. The minimum absolute atomic E-state index is 0.107. The van der Waals surface area contributed by atoms with Gasteiger partial charge in [-0.3, -0.25) is 4.79 Å². The molecule has 0 bridgehead atoms. The monoisotopic (exact) mass is 392 g/mol. The number of hydrogen-bond acceptors (Lipinski definition) is 2. The number of carbonyl (C=O) groups is 1. The summed E-state index contributed by atoms with van der Waals surface area (Å²) >= 11 is 2.24. The predicted molar refractivity (Wildman–Crippen MR) is 94.5 cm³/mol. The van der Waals surface area contributed by atoms with E-state index in [4.69, 9.17) is 0 Å². The lowest BCUT2D eigenvalue weighted by Crippen LogP contribution is -2.20. The van der Waals surface area contributed by atoms with Crippen LogP contribution in [0.3, 0.4) is 0 Å². The minimum atomic E-state index is -0.107. The van der Waals surface area contributed by atoms with Crippen LogP contribution in [0.25, 0.3) is 0 Å². The molecule has 0 aromatic heterocycles. The van der Waals surface area contributed by atoms with Crippen LogP contribution in [0.15, 0.2) is 47.6 Å². The van der Waals surface area contributed by atoms with Gasteiger partial charge in [0.25, 0.3) is 0 Å². The molecule has 0 spiro atoms. The van der Waals surface area contributed by atoms with E-state index < -0.39 is 0 Å². The molecule has 108 valence electrons. The zero-order valence-electron chi connectivity index (χ0n) is 12.1.